The zero-order valence-corrected chi connectivity index (χ0v) is 14.1. The second kappa shape index (κ2) is 5.56. The predicted molar refractivity (Wildman–Crippen MR) is 94.6 cm³/mol. The zero-order chi connectivity index (χ0) is 16.8. The average Bonchev–Trinajstić information content (AvgIpc) is 3.35. The summed E-state index contributed by atoms with van der Waals surface area (Å²) in [5, 5.41) is 6.93. The van der Waals surface area contributed by atoms with Gasteiger partial charge in [-0.15, -0.1) is 0 Å². The normalized spacial score (nSPS) is 14.1. The van der Waals surface area contributed by atoms with E-state index in [-0.39, 0.29) is 5.56 Å². The van der Waals surface area contributed by atoms with Gasteiger partial charge in [-0.25, -0.2) is 4.98 Å². The Hall–Kier alpha value is -2.47. The summed E-state index contributed by atoms with van der Waals surface area (Å²) in [7, 11) is 3.29. The number of H-pyrrole nitrogens is 1. The van der Waals surface area contributed by atoms with Gasteiger partial charge in [0.1, 0.15) is 16.3 Å². The lowest BCUT2D eigenvalue weighted by Gasteiger charge is -2.13. The molecule has 1 fully saturated rings. The first-order chi connectivity index (χ1) is 11.6. The standard InChI is InChI=1S/C17H17ClN4O2/c1-22-17(23)15-12(8-14(18)20-16(15)21-22)19-11-6-5-10(9-3-4-9)7-13(11)24-2/h5-9H,3-4H2,1-2H3,(H2,19,20,21). The number of nitrogens with zero attached hydrogens (tertiary/aromatic N) is 2. The number of benzene rings is 1. The van der Waals surface area contributed by atoms with Crippen LogP contribution < -0.4 is 15.6 Å². The lowest BCUT2D eigenvalue weighted by molar-refractivity contribution is 0.416. The predicted octanol–water partition coefficient (Wildman–Crippen LogP) is 3.54. The van der Waals surface area contributed by atoms with Crippen LogP contribution in [0.2, 0.25) is 5.15 Å². The van der Waals surface area contributed by atoms with E-state index in [0.717, 1.165) is 11.4 Å². The first kappa shape index (κ1) is 15.1. The third kappa shape index (κ3) is 2.53. The third-order valence-electron chi connectivity index (χ3n) is 4.32. The van der Waals surface area contributed by atoms with E-state index in [1.807, 2.05) is 6.07 Å². The van der Waals surface area contributed by atoms with Gasteiger partial charge in [0.25, 0.3) is 5.56 Å². The smallest absolute Gasteiger partial charge is 0.277 e. The molecule has 1 saturated carbocycles. The molecule has 1 aromatic carbocycles. The second-order valence-electron chi connectivity index (χ2n) is 6.05. The second-order valence-corrected chi connectivity index (χ2v) is 6.44. The van der Waals surface area contributed by atoms with Crippen molar-refractivity contribution in [3.63, 3.8) is 0 Å². The molecule has 2 heterocycles. The fourth-order valence-electron chi connectivity index (χ4n) is 2.91. The van der Waals surface area contributed by atoms with E-state index in [0.29, 0.717) is 27.8 Å². The average molecular weight is 345 g/mol. The molecule has 6 nitrogen and oxygen atoms in total. The summed E-state index contributed by atoms with van der Waals surface area (Å²) >= 11 is 6.09. The Kier molecular flexibility index (Phi) is 3.49. The molecule has 124 valence electrons. The molecule has 4 rings (SSSR count). The van der Waals surface area contributed by atoms with Crippen molar-refractivity contribution in [3.05, 3.63) is 45.3 Å². The minimum atomic E-state index is -0.162. The summed E-state index contributed by atoms with van der Waals surface area (Å²) in [6.45, 7) is 0. The van der Waals surface area contributed by atoms with Crippen LogP contribution in [0.15, 0.2) is 29.1 Å². The van der Waals surface area contributed by atoms with Gasteiger partial charge in [0, 0.05) is 7.05 Å². The molecule has 24 heavy (non-hydrogen) atoms. The number of halogens is 1. The number of ether oxygens (including phenoxy) is 1. The van der Waals surface area contributed by atoms with Crippen molar-refractivity contribution in [2.75, 3.05) is 12.4 Å². The quantitative estimate of drug-likeness (QED) is 0.710. The number of aromatic nitrogens is 3. The van der Waals surface area contributed by atoms with Gasteiger partial charge in [0.15, 0.2) is 5.65 Å². The van der Waals surface area contributed by atoms with Gasteiger partial charge >= 0.3 is 0 Å². The van der Waals surface area contributed by atoms with Crippen LogP contribution in [-0.4, -0.2) is 21.9 Å². The molecule has 7 heteroatoms. The summed E-state index contributed by atoms with van der Waals surface area (Å²) in [4.78, 5) is 16.5. The number of pyridine rings is 1. The molecule has 0 bridgehead atoms. The monoisotopic (exact) mass is 344 g/mol. The van der Waals surface area contributed by atoms with E-state index < -0.39 is 0 Å². The Morgan fingerprint density at radius 3 is 2.83 bits per heavy atom. The first-order valence-corrected chi connectivity index (χ1v) is 8.15. The van der Waals surface area contributed by atoms with E-state index >= 15 is 0 Å². The number of methoxy groups -OCH3 is 1. The minimum absolute atomic E-state index is 0.162. The summed E-state index contributed by atoms with van der Waals surface area (Å²) in [5.74, 6) is 1.39. The number of fused-ring (bicyclic) bond motifs is 1. The Morgan fingerprint density at radius 2 is 2.12 bits per heavy atom. The topological polar surface area (TPSA) is 71.9 Å². The number of aryl methyl sites for hydroxylation is 1. The van der Waals surface area contributed by atoms with Crippen molar-refractivity contribution in [1.82, 2.24) is 14.8 Å². The van der Waals surface area contributed by atoms with Crippen LogP contribution in [0.5, 0.6) is 5.75 Å². The van der Waals surface area contributed by atoms with Crippen LogP contribution in [0.3, 0.4) is 0 Å². The lowest BCUT2D eigenvalue weighted by Crippen LogP contribution is -2.12. The first-order valence-electron chi connectivity index (χ1n) is 7.77. The summed E-state index contributed by atoms with van der Waals surface area (Å²) in [6.07, 6.45) is 2.46. The number of hydrogen-bond donors (Lipinski definition) is 2. The molecule has 3 aromatic rings. The van der Waals surface area contributed by atoms with Gasteiger partial charge < -0.3 is 10.1 Å². The maximum atomic E-state index is 12.3. The van der Waals surface area contributed by atoms with E-state index in [1.54, 1.807) is 20.2 Å². The maximum absolute atomic E-state index is 12.3. The van der Waals surface area contributed by atoms with Crippen LogP contribution in [0.4, 0.5) is 11.4 Å². The molecule has 0 radical (unpaired) electrons. The Bertz CT molecular complexity index is 988. The van der Waals surface area contributed by atoms with Crippen molar-refractivity contribution in [3.8, 4) is 5.75 Å². The van der Waals surface area contributed by atoms with Gasteiger partial charge in [0.05, 0.1) is 18.5 Å². The molecule has 0 unspecified atom stereocenters. The van der Waals surface area contributed by atoms with E-state index in [2.05, 4.69) is 27.5 Å². The van der Waals surface area contributed by atoms with Crippen molar-refractivity contribution in [2.45, 2.75) is 18.8 Å². The highest BCUT2D eigenvalue weighted by Gasteiger charge is 2.24. The number of nitrogens with one attached hydrogen (secondary N) is 2. The molecule has 1 aliphatic carbocycles. The molecule has 1 aliphatic rings. The highest BCUT2D eigenvalue weighted by molar-refractivity contribution is 6.30. The van der Waals surface area contributed by atoms with Crippen molar-refractivity contribution in [1.29, 1.82) is 0 Å². The Labute approximate surface area is 143 Å². The van der Waals surface area contributed by atoms with Crippen LogP contribution in [0.1, 0.15) is 24.3 Å². The molecule has 0 atom stereocenters. The van der Waals surface area contributed by atoms with Gasteiger partial charge in [-0.3, -0.25) is 14.6 Å². The summed E-state index contributed by atoms with van der Waals surface area (Å²) in [5.41, 5.74) is 2.96. The van der Waals surface area contributed by atoms with Crippen molar-refractivity contribution in [2.24, 2.45) is 7.05 Å². The van der Waals surface area contributed by atoms with Crippen LogP contribution in [-0.2, 0) is 7.05 Å². The molecular weight excluding hydrogens is 328 g/mol. The fraction of sp³-hybridized carbons (Fsp3) is 0.294. The van der Waals surface area contributed by atoms with Gasteiger partial charge in [-0.05, 0) is 42.5 Å². The van der Waals surface area contributed by atoms with E-state index in [1.165, 1.54) is 23.1 Å². The zero-order valence-electron chi connectivity index (χ0n) is 13.4. The van der Waals surface area contributed by atoms with Crippen LogP contribution in [0.25, 0.3) is 11.0 Å². The Morgan fingerprint density at radius 1 is 1.33 bits per heavy atom. The largest absolute Gasteiger partial charge is 0.495 e. The van der Waals surface area contributed by atoms with Crippen molar-refractivity contribution < 1.29 is 4.74 Å². The van der Waals surface area contributed by atoms with Crippen molar-refractivity contribution >= 4 is 34.0 Å². The highest BCUT2D eigenvalue weighted by atomic mass is 35.5. The fourth-order valence-corrected chi connectivity index (χ4v) is 3.11. The highest BCUT2D eigenvalue weighted by Crippen LogP contribution is 2.43. The molecule has 0 spiro atoms. The molecule has 0 aliphatic heterocycles. The SMILES string of the molecule is COc1cc(C2CC2)ccc1Nc1cc(Cl)nc2[nH]n(C)c(=O)c12. The maximum Gasteiger partial charge on any atom is 0.277 e. The molecule has 0 amide bonds. The van der Waals surface area contributed by atoms with Gasteiger partial charge in [0.2, 0.25) is 0 Å². The molecule has 2 N–H and O–H groups in total. The van der Waals surface area contributed by atoms with Gasteiger partial charge in [-0.1, -0.05) is 17.7 Å². The Balaban J connectivity index is 1.80. The number of aromatic amines is 1. The van der Waals surface area contributed by atoms with Gasteiger partial charge in [-0.2, -0.15) is 0 Å². The molecule has 2 aromatic heterocycles. The minimum Gasteiger partial charge on any atom is -0.495 e. The van der Waals surface area contributed by atoms with E-state index in [9.17, 15) is 4.79 Å². The van der Waals surface area contributed by atoms with E-state index in [4.69, 9.17) is 16.3 Å². The summed E-state index contributed by atoms with van der Waals surface area (Å²) in [6, 6.07) is 7.77. The third-order valence-corrected chi connectivity index (χ3v) is 4.52. The lowest BCUT2D eigenvalue weighted by atomic mass is 10.1. The number of anilines is 2. The number of hydrogen-bond acceptors (Lipinski definition) is 4. The van der Waals surface area contributed by atoms with Crippen LogP contribution >= 0.6 is 11.6 Å². The summed E-state index contributed by atoms with van der Waals surface area (Å²) < 4.78 is 6.89. The molecular formula is C17H17ClN4O2. The molecule has 0 saturated heterocycles. The number of rotatable bonds is 4. The van der Waals surface area contributed by atoms with Crippen LogP contribution in [0, 0.1) is 0 Å².